The molecular weight excluding hydrogens is 391 g/mol. The van der Waals surface area contributed by atoms with Crippen LogP contribution in [-0.4, -0.2) is 32.3 Å². The molecule has 0 N–H and O–H groups in total. The maximum absolute atomic E-state index is 13.4. The van der Waals surface area contributed by atoms with Gasteiger partial charge in [-0.2, -0.15) is 13.2 Å². The van der Waals surface area contributed by atoms with Gasteiger partial charge in [0.25, 0.3) is 0 Å². The number of alkyl halides is 3. The number of hydrogen-bond acceptors (Lipinski definition) is 6. The molecule has 0 radical (unpaired) electrons. The fourth-order valence-corrected chi connectivity index (χ4v) is 2.70. The zero-order valence-electron chi connectivity index (χ0n) is 15.7. The predicted molar refractivity (Wildman–Crippen MR) is 96.9 cm³/mol. The molecule has 29 heavy (non-hydrogen) atoms. The van der Waals surface area contributed by atoms with Crippen molar-refractivity contribution in [2.45, 2.75) is 25.1 Å². The van der Waals surface area contributed by atoms with E-state index in [4.69, 9.17) is 14.2 Å². The molecule has 6 nitrogen and oxygen atoms in total. The summed E-state index contributed by atoms with van der Waals surface area (Å²) in [4.78, 5) is 25.8. The summed E-state index contributed by atoms with van der Waals surface area (Å²) in [5.41, 5.74) is -1.40. The number of ether oxygens (including phenoxy) is 3. The summed E-state index contributed by atoms with van der Waals surface area (Å²) in [6, 6.07) is 3.15. The van der Waals surface area contributed by atoms with Crippen LogP contribution in [0, 0.1) is 0 Å². The number of benzene rings is 1. The topological polar surface area (TPSA) is 65.1 Å². The molecule has 2 aliphatic rings. The first-order chi connectivity index (χ1) is 13.7. The Morgan fingerprint density at radius 1 is 1.03 bits per heavy atom. The zero-order valence-corrected chi connectivity index (χ0v) is 15.7. The third-order valence-corrected chi connectivity index (χ3v) is 4.21. The van der Waals surface area contributed by atoms with E-state index in [0.29, 0.717) is 0 Å². The lowest BCUT2D eigenvalue weighted by molar-refractivity contribution is -0.139. The van der Waals surface area contributed by atoms with Crippen LogP contribution in [0.2, 0.25) is 0 Å². The number of nitrogens with zero attached hydrogens (tertiary/aromatic N) is 1. The molecule has 1 aromatic carbocycles. The van der Waals surface area contributed by atoms with Crippen LogP contribution < -0.4 is 9.64 Å². The summed E-state index contributed by atoms with van der Waals surface area (Å²) in [5, 5.41) is 0. The van der Waals surface area contributed by atoms with E-state index in [-0.39, 0.29) is 28.8 Å². The van der Waals surface area contributed by atoms with E-state index in [1.54, 1.807) is 0 Å². The number of hydrogen-bond donors (Lipinski definition) is 0. The molecule has 0 bridgehead atoms. The standard InChI is InChI=1S/C20H18F3NO5/c1-27-18(25)16-5-3-4-8-24(17(16)19(26)28-2)13-9-12(20(21,22)23)10-15(11-13)29-14-6-7-14/h3-5,8-11,14H,6-7H2,1-2H3. The summed E-state index contributed by atoms with van der Waals surface area (Å²) in [7, 11) is 2.24. The second-order valence-electron chi connectivity index (χ2n) is 6.35. The maximum Gasteiger partial charge on any atom is 0.416 e. The number of carbonyl (C=O) groups is 2. The minimum atomic E-state index is -4.63. The lowest BCUT2D eigenvalue weighted by Gasteiger charge is -2.24. The van der Waals surface area contributed by atoms with Crippen molar-refractivity contribution >= 4 is 17.6 Å². The molecule has 3 rings (SSSR count). The van der Waals surface area contributed by atoms with Crippen molar-refractivity contribution in [2.75, 3.05) is 19.1 Å². The van der Waals surface area contributed by atoms with E-state index in [0.717, 1.165) is 44.1 Å². The summed E-state index contributed by atoms with van der Waals surface area (Å²) < 4.78 is 55.4. The molecule has 1 saturated carbocycles. The van der Waals surface area contributed by atoms with Crippen LogP contribution in [0.3, 0.4) is 0 Å². The summed E-state index contributed by atoms with van der Waals surface area (Å²) in [6.45, 7) is 0. The van der Waals surface area contributed by atoms with Crippen molar-refractivity contribution in [2.24, 2.45) is 0 Å². The maximum atomic E-state index is 13.4. The molecule has 0 aromatic heterocycles. The average molecular weight is 409 g/mol. The first kappa shape index (κ1) is 20.5. The molecule has 0 amide bonds. The van der Waals surface area contributed by atoms with Gasteiger partial charge in [0.05, 0.1) is 37.1 Å². The van der Waals surface area contributed by atoms with Crippen molar-refractivity contribution in [3.63, 3.8) is 0 Å². The number of carbonyl (C=O) groups excluding carboxylic acids is 2. The monoisotopic (exact) mass is 409 g/mol. The molecular formula is C20H18F3NO5. The Labute approximate surface area is 164 Å². The van der Waals surface area contributed by atoms with Gasteiger partial charge in [0.1, 0.15) is 11.4 Å². The molecule has 1 heterocycles. The van der Waals surface area contributed by atoms with E-state index in [9.17, 15) is 22.8 Å². The van der Waals surface area contributed by atoms with Crippen LogP contribution in [-0.2, 0) is 25.2 Å². The van der Waals surface area contributed by atoms with E-state index in [1.807, 2.05) is 0 Å². The normalized spacial score (nSPS) is 16.5. The van der Waals surface area contributed by atoms with Crippen LogP contribution in [0.1, 0.15) is 18.4 Å². The number of allylic oxidation sites excluding steroid dienone is 2. The van der Waals surface area contributed by atoms with Crippen LogP contribution >= 0.6 is 0 Å². The molecule has 154 valence electrons. The number of methoxy groups -OCH3 is 2. The first-order valence-electron chi connectivity index (χ1n) is 8.68. The highest BCUT2D eigenvalue weighted by atomic mass is 19.4. The number of halogens is 3. The van der Waals surface area contributed by atoms with Crippen molar-refractivity contribution in [3.05, 3.63) is 59.5 Å². The Morgan fingerprint density at radius 2 is 1.72 bits per heavy atom. The Balaban J connectivity index is 2.17. The van der Waals surface area contributed by atoms with E-state index in [2.05, 4.69) is 0 Å². The Morgan fingerprint density at radius 3 is 2.31 bits per heavy atom. The van der Waals surface area contributed by atoms with Crippen LogP contribution in [0.15, 0.2) is 53.9 Å². The predicted octanol–water partition coefficient (Wildman–Crippen LogP) is 3.74. The molecule has 9 heteroatoms. The lowest BCUT2D eigenvalue weighted by atomic mass is 10.1. The van der Waals surface area contributed by atoms with Crippen molar-refractivity contribution < 1.29 is 37.0 Å². The van der Waals surface area contributed by atoms with Gasteiger partial charge in [0, 0.05) is 12.3 Å². The molecule has 1 fully saturated rings. The van der Waals surface area contributed by atoms with Gasteiger partial charge in [0.2, 0.25) is 0 Å². The quantitative estimate of drug-likeness (QED) is 0.691. The van der Waals surface area contributed by atoms with Gasteiger partial charge in [-0.3, -0.25) is 0 Å². The van der Waals surface area contributed by atoms with Gasteiger partial charge in [0.15, 0.2) is 0 Å². The van der Waals surface area contributed by atoms with E-state index in [1.165, 1.54) is 30.5 Å². The second kappa shape index (κ2) is 8.02. The van der Waals surface area contributed by atoms with Gasteiger partial charge in [-0.15, -0.1) is 0 Å². The Kier molecular flexibility index (Phi) is 5.67. The largest absolute Gasteiger partial charge is 0.490 e. The highest BCUT2D eigenvalue weighted by molar-refractivity contribution is 6.05. The van der Waals surface area contributed by atoms with Gasteiger partial charge in [-0.1, -0.05) is 6.08 Å². The third kappa shape index (κ3) is 4.61. The van der Waals surface area contributed by atoms with Crippen LogP contribution in [0.5, 0.6) is 5.75 Å². The third-order valence-electron chi connectivity index (χ3n) is 4.21. The van der Waals surface area contributed by atoms with Crippen molar-refractivity contribution in [1.82, 2.24) is 0 Å². The lowest BCUT2D eigenvalue weighted by Crippen LogP contribution is -2.27. The average Bonchev–Trinajstić information content (AvgIpc) is 3.51. The number of rotatable bonds is 5. The molecule has 1 aliphatic carbocycles. The fraction of sp³-hybridized carbons (Fsp3) is 0.300. The van der Waals surface area contributed by atoms with Crippen LogP contribution in [0.4, 0.5) is 18.9 Å². The van der Waals surface area contributed by atoms with Gasteiger partial charge >= 0.3 is 18.1 Å². The molecule has 1 aliphatic heterocycles. The van der Waals surface area contributed by atoms with E-state index < -0.39 is 23.7 Å². The highest BCUT2D eigenvalue weighted by Crippen LogP contribution is 2.38. The highest BCUT2D eigenvalue weighted by Gasteiger charge is 2.34. The smallest absolute Gasteiger partial charge is 0.416 e. The van der Waals surface area contributed by atoms with Gasteiger partial charge < -0.3 is 19.1 Å². The van der Waals surface area contributed by atoms with Crippen LogP contribution in [0.25, 0.3) is 0 Å². The molecule has 1 aromatic rings. The summed E-state index contributed by atoms with van der Waals surface area (Å²) in [6.07, 6.45) is 2.38. The zero-order chi connectivity index (χ0) is 21.2. The minimum absolute atomic E-state index is 0.0165. The van der Waals surface area contributed by atoms with Crippen molar-refractivity contribution in [3.8, 4) is 5.75 Å². The molecule has 0 spiro atoms. The second-order valence-corrected chi connectivity index (χ2v) is 6.35. The number of esters is 2. The Bertz CT molecular complexity index is 913. The SMILES string of the molecule is COC(=O)C1=C(C(=O)OC)N(c2cc(OC3CC3)cc(C(F)(F)F)c2)C=CC=C1. The molecule has 0 unspecified atom stereocenters. The summed E-state index contributed by atoms with van der Waals surface area (Å²) in [5.74, 6) is -1.73. The van der Waals surface area contributed by atoms with Gasteiger partial charge in [-0.05, 0) is 37.1 Å². The molecule has 0 atom stereocenters. The van der Waals surface area contributed by atoms with E-state index >= 15 is 0 Å². The van der Waals surface area contributed by atoms with Crippen molar-refractivity contribution in [1.29, 1.82) is 0 Å². The summed E-state index contributed by atoms with van der Waals surface area (Å²) >= 11 is 0. The van der Waals surface area contributed by atoms with Gasteiger partial charge in [-0.25, -0.2) is 9.59 Å². The first-order valence-corrected chi connectivity index (χ1v) is 8.68. The molecule has 0 saturated heterocycles. The fourth-order valence-electron chi connectivity index (χ4n) is 2.70. The minimum Gasteiger partial charge on any atom is -0.490 e. The number of anilines is 1. The Hall–Kier alpha value is -3.23.